The van der Waals surface area contributed by atoms with Gasteiger partial charge in [0.25, 0.3) is 0 Å². The van der Waals surface area contributed by atoms with E-state index in [0.717, 1.165) is 22.3 Å². The van der Waals surface area contributed by atoms with Gasteiger partial charge in [-0.05, 0) is 17.7 Å². The first-order chi connectivity index (χ1) is 8.45. The third-order valence-corrected chi connectivity index (χ3v) is 3.16. The summed E-state index contributed by atoms with van der Waals surface area (Å²) in [5.74, 6) is 0. The molecule has 2 nitrogen and oxygen atoms in total. The number of benzene rings is 1. The smallest absolute Gasteiger partial charge is 0.357 e. The van der Waals surface area contributed by atoms with Crippen LogP contribution in [0.2, 0.25) is 5.02 Å². The molecule has 1 N–H and O–H groups in total. The Morgan fingerprint density at radius 2 is 2.11 bits per heavy atom. The van der Waals surface area contributed by atoms with Crippen LogP contribution in [0.1, 0.15) is 11.3 Å². The highest BCUT2D eigenvalue weighted by Gasteiger charge is 2.33. The van der Waals surface area contributed by atoms with Crippen LogP contribution in [0.5, 0.6) is 0 Å². The highest BCUT2D eigenvalue weighted by molar-refractivity contribution is 7.13. The number of anilines is 1. The van der Waals surface area contributed by atoms with Crippen molar-refractivity contribution in [3.63, 3.8) is 0 Å². The molecule has 0 amide bonds. The Morgan fingerprint density at radius 3 is 2.72 bits per heavy atom. The zero-order chi connectivity index (χ0) is 13.2. The molecule has 2 rings (SSSR count). The Labute approximate surface area is 110 Å². The third-order valence-electron chi connectivity index (χ3n) is 2.13. The summed E-state index contributed by atoms with van der Waals surface area (Å²) in [4.78, 5) is 3.47. The van der Waals surface area contributed by atoms with Crippen LogP contribution < -0.4 is 5.32 Å². The molecule has 0 radical (unpaired) electrons. The molecule has 96 valence electrons. The van der Waals surface area contributed by atoms with Gasteiger partial charge in [-0.2, -0.15) is 13.2 Å². The highest BCUT2D eigenvalue weighted by atomic mass is 35.5. The summed E-state index contributed by atoms with van der Waals surface area (Å²) in [5.41, 5.74) is 0.00681. The summed E-state index contributed by atoms with van der Waals surface area (Å²) in [6, 6.07) is 7.09. The van der Waals surface area contributed by atoms with Crippen molar-refractivity contribution in [2.45, 2.75) is 12.7 Å². The van der Waals surface area contributed by atoms with Gasteiger partial charge in [-0.15, -0.1) is 11.3 Å². The predicted molar refractivity (Wildman–Crippen MR) is 65.9 cm³/mol. The molecular formula is C11H8ClF3N2S. The molecule has 0 aliphatic carbocycles. The van der Waals surface area contributed by atoms with Gasteiger partial charge in [-0.25, -0.2) is 4.98 Å². The zero-order valence-corrected chi connectivity index (χ0v) is 10.5. The van der Waals surface area contributed by atoms with Crippen molar-refractivity contribution in [2.75, 3.05) is 5.32 Å². The standard InChI is InChI=1S/C11H8ClF3N2S/c12-8-3-1-2-7(4-8)5-16-10-17-9(6-18-10)11(13,14)15/h1-4,6H,5H2,(H,16,17). The average Bonchev–Trinajstić information content (AvgIpc) is 2.74. The lowest BCUT2D eigenvalue weighted by Gasteiger charge is -2.03. The monoisotopic (exact) mass is 292 g/mol. The van der Waals surface area contributed by atoms with E-state index in [4.69, 9.17) is 11.6 Å². The molecule has 0 aliphatic rings. The first-order valence-electron chi connectivity index (χ1n) is 4.96. The van der Waals surface area contributed by atoms with Gasteiger partial charge in [0.05, 0.1) is 0 Å². The van der Waals surface area contributed by atoms with Crippen LogP contribution >= 0.6 is 22.9 Å². The van der Waals surface area contributed by atoms with E-state index >= 15 is 0 Å². The molecule has 0 atom stereocenters. The number of nitrogens with one attached hydrogen (secondary N) is 1. The number of halogens is 4. The van der Waals surface area contributed by atoms with Crippen LogP contribution in [0.15, 0.2) is 29.6 Å². The third kappa shape index (κ3) is 3.36. The van der Waals surface area contributed by atoms with Gasteiger partial charge < -0.3 is 5.32 Å². The largest absolute Gasteiger partial charge is 0.434 e. The summed E-state index contributed by atoms with van der Waals surface area (Å²) in [5, 5.41) is 4.64. The number of aromatic nitrogens is 1. The second-order valence-corrected chi connectivity index (χ2v) is 4.81. The second-order valence-electron chi connectivity index (χ2n) is 3.52. The lowest BCUT2D eigenvalue weighted by Crippen LogP contribution is -2.06. The molecule has 7 heteroatoms. The van der Waals surface area contributed by atoms with E-state index in [-0.39, 0.29) is 5.13 Å². The number of hydrogen-bond acceptors (Lipinski definition) is 3. The first-order valence-corrected chi connectivity index (χ1v) is 6.22. The number of rotatable bonds is 3. The van der Waals surface area contributed by atoms with Crippen molar-refractivity contribution in [3.05, 3.63) is 45.9 Å². The molecular weight excluding hydrogens is 285 g/mol. The normalized spacial score (nSPS) is 11.6. The minimum Gasteiger partial charge on any atom is -0.357 e. The Hall–Kier alpha value is -1.27. The van der Waals surface area contributed by atoms with Crippen molar-refractivity contribution in [2.24, 2.45) is 0 Å². The van der Waals surface area contributed by atoms with E-state index in [1.807, 2.05) is 6.07 Å². The zero-order valence-electron chi connectivity index (χ0n) is 8.96. The second kappa shape index (κ2) is 5.16. The molecule has 0 spiro atoms. The Morgan fingerprint density at radius 1 is 1.33 bits per heavy atom. The van der Waals surface area contributed by atoms with Gasteiger partial charge in [0.15, 0.2) is 10.8 Å². The average molecular weight is 293 g/mol. The summed E-state index contributed by atoms with van der Waals surface area (Å²) >= 11 is 6.73. The highest BCUT2D eigenvalue weighted by Crippen LogP contribution is 2.31. The maximum Gasteiger partial charge on any atom is 0.434 e. The Balaban J connectivity index is 2.01. The minimum absolute atomic E-state index is 0.238. The summed E-state index contributed by atoms with van der Waals surface area (Å²) in [7, 11) is 0. The van der Waals surface area contributed by atoms with Gasteiger partial charge in [-0.3, -0.25) is 0 Å². The summed E-state index contributed by atoms with van der Waals surface area (Å²) in [6.07, 6.45) is -4.40. The van der Waals surface area contributed by atoms with Crippen molar-refractivity contribution in [1.29, 1.82) is 0 Å². The maximum atomic E-state index is 12.3. The maximum absolute atomic E-state index is 12.3. The van der Waals surface area contributed by atoms with E-state index in [1.54, 1.807) is 18.2 Å². The number of thiazole rings is 1. The Kier molecular flexibility index (Phi) is 3.77. The van der Waals surface area contributed by atoms with Crippen LogP contribution in [0, 0.1) is 0 Å². The van der Waals surface area contributed by atoms with E-state index in [2.05, 4.69) is 10.3 Å². The Bertz CT molecular complexity index is 539. The fraction of sp³-hybridized carbons (Fsp3) is 0.182. The van der Waals surface area contributed by atoms with E-state index in [0.29, 0.717) is 11.6 Å². The van der Waals surface area contributed by atoms with Crippen molar-refractivity contribution in [3.8, 4) is 0 Å². The topological polar surface area (TPSA) is 24.9 Å². The summed E-state index contributed by atoms with van der Waals surface area (Å²) in [6.45, 7) is 0.380. The van der Waals surface area contributed by atoms with Crippen molar-refractivity contribution < 1.29 is 13.2 Å². The van der Waals surface area contributed by atoms with Gasteiger partial charge in [-0.1, -0.05) is 23.7 Å². The molecule has 1 aromatic carbocycles. The van der Waals surface area contributed by atoms with Crippen LogP contribution in [-0.2, 0) is 12.7 Å². The fourth-order valence-corrected chi connectivity index (χ4v) is 2.24. The molecule has 1 heterocycles. The lowest BCUT2D eigenvalue weighted by molar-refractivity contribution is -0.140. The minimum atomic E-state index is -4.40. The van der Waals surface area contributed by atoms with E-state index in [9.17, 15) is 13.2 Å². The first kappa shape index (κ1) is 13.2. The fourth-order valence-electron chi connectivity index (χ4n) is 1.31. The number of nitrogens with zero attached hydrogens (tertiary/aromatic N) is 1. The summed E-state index contributed by atoms with van der Waals surface area (Å²) < 4.78 is 36.9. The van der Waals surface area contributed by atoms with Gasteiger partial charge in [0.1, 0.15) is 0 Å². The molecule has 0 unspecified atom stereocenters. The van der Waals surface area contributed by atoms with Crippen molar-refractivity contribution >= 4 is 28.1 Å². The molecule has 2 aromatic rings. The van der Waals surface area contributed by atoms with Crippen LogP contribution in [-0.4, -0.2) is 4.98 Å². The molecule has 1 aromatic heterocycles. The molecule has 0 saturated heterocycles. The van der Waals surface area contributed by atoms with E-state index in [1.165, 1.54) is 0 Å². The lowest BCUT2D eigenvalue weighted by atomic mass is 10.2. The quantitative estimate of drug-likeness (QED) is 0.905. The number of hydrogen-bond donors (Lipinski definition) is 1. The van der Waals surface area contributed by atoms with Crippen LogP contribution in [0.3, 0.4) is 0 Å². The van der Waals surface area contributed by atoms with Gasteiger partial charge >= 0.3 is 6.18 Å². The molecule has 18 heavy (non-hydrogen) atoms. The number of alkyl halides is 3. The molecule has 0 bridgehead atoms. The van der Waals surface area contributed by atoms with Gasteiger partial charge in [0.2, 0.25) is 0 Å². The van der Waals surface area contributed by atoms with Gasteiger partial charge in [0, 0.05) is 16.9 Å². The predicted octanol–water partition coefficient (Wildman–Crippen LogP) is 4.43. The molecule has 0 fully saturated rings. The van der Waals surface area contributed by atoms with Crippen molar-refractivity contribution in [1.82, 2.24) is 4.98 Å². The van der Waals surface area contributed by atoms with Crippen LogP contribution in [0.4, 0.5) is 18.3 Å². The SMILES string of the molecule is FC(F)(F)c1csc(NCc2cccc(Cl)c2)n1. The van der Waals surface area contributed by atoms with Crippen LogP contribution in [0.25, 0.3) is 0 Å². The molecule has 0 saturated carbocycles. The van der Waals surface area contributed by atoms with E-state index < -0.39 is 11.9 Å². The molecule has 0 aliphatic heterocycles.